The summed E-state index contributed by atoms with van der Waals surface area (Å²) in [5.41, 5.74) is 0. The van der Waals surface area contributed by atoms with Gasteiger partial charge in [-0.2, -0.15) is 0 Å². The number of unbranched alkanes of at least 4 members (excludes halogenated alkanes) is 3. The maximum atomic E-state index is 11.2. The third-order valence-electron chi connectivity index (χ3n) is 2.18. The Bertz CT molecular complexity index is 123. The van der Waals surface area contributed by atoms with Gasteiger partial charge in [-0.15, -0.1) is 0 Å². The fraction of sp³-hybridized carbons (Fsp3) is 0.909. The summed E-state index contributed by atoms with van der Waals surface area (Å²) in [4.78, 5) is 11.2. The van der Waals surface area contributed by atoms with Crippen LogP contribution < -0.4 is 10.6 Å². The molecule has 0 fully saturated rings. The molecule has 0 unspecified atom stereocenters. The van der Waals surface area contributed by atoms with Gasteiger partial charge in [-0.05, 0) is 26.4 Å². The molecule has 14 heavy (non-hydrogen) atoms. The van der Waals surface area contributed by atoms with E-state index in [0.717, 1.165) is 25.9 Å². The average Bonchev–Trinajstić information content (AvgIpc) is 2.19. The fourth-order valence-corrected chi connectivity index (χ4v) is 1.29. The first-order valence-corrected chi connectivity index (χ1v) is 5.72. The van der Waals surface area contributed by atoms with E-state index in [2.05, 4.69) is 17.6 Å². The Hall–Kier alpha value is -0.570. The summed E-state index contributed by atoms with van der Waals surface area (Å²) in [5, 5.41) is 5.97. The quantitative estimate of drug-likeness (QED) is 0.556. The van der Waals surface area contributed by atoms with Crippen LogP contribution in [0.5, 0.6) is 0 Å². The number of hydrogen-bond donors (Lipinski definition) is 2. The molecule has 0 aliphatic rings. The van der Waals surface area contributed by atoms with E-state index in [0.29, 0.717) is 6.42 Å². The predicted molar refractivity (Wildman–Crippen MR) is 60.3 cm³/mol. The molecular formula is C11H24N2O. The smallest absolute Gasteiger partial charge is 0.219 e. The topological polar surface area (TPSA) is 41.1 Å². The summed E-state index contributed by atoms with van der Waals surface area (Å²) in [6, 6.07) is 0. The zero-order chi connectivity index (χ0) is 10.6. The second-order valence-electron chi connectivity index (χ2n) is 3.62. The molecule has 0 atom stereocenters. The van der Waals surface area contributed by atoms with Crippen molar-refractivity contribution >= 4 is 5.91 Å². The zero-order valence-electron chi connectivity index (χ0n) is 9.57. The van der Waals surface area contributed by atoms with Crippen LogP contribution in [0.3, 0.4) is 0 Å². The highest BCUT2D eigenvalue weighted by atomic mass is 16.1. The van der Waals surface area contributed by atoms with Crippen molar-refractivity contribution in [1.82, 2.24) is 10.6 Å². The van der Waals surface area contributed by atoms with Crippen molar-refractivity contribution in [2.45, 2.75) is 45.4 Å². The van der Waals surface area contributed by atoms with Gasteiger partial charge in [-0.1, -0.05) is 26.2 Å². The molecule has 0 radical (unpaired) electrons. The van der Waals surface area contributed by atoms with Crippen molar-refractivity contribution in [3.63, 3.8) is 0 Å². The zero-order valence-corrected chi connectivity index (χ0v) is 9.57. The van der Waals surface area contributed by atoms with Crippen molar-refractivity contribution in [1.29, 1.82) is 0 Å². The highest BCUT2D eigenvalue weighted by molar-refractivity contribution is 5.75. The number of rotatable bonds is 9. The monoisotopic (exact) mass is 200 g/mol. The van der Waals surface area contributed by atoms with E-state index >= 15 is 0 Å². The van der Waals surface area contributed by atoms with E-state index in [9.17, 15) is 4.79 Å². The van der Waals surface area contributed by atoms with Gasteiger partial charge in [0, 0.05) is 13.0 Å². The van der Waals surface area contributed by atoms with E-state index in [4.69, 9.17) is 0 Å². The molecule has 3 heteroatoms. The van der Waals surface area contributed by atoms with Gasteiger partial charge in [0.25, 0.3) is 0 Å². The minimum atomic E-state index is 0.206. The second kappa shape index (κ2) is 10.5. The molecule has 0 aromatic heterocycles. The highest BCUT2D eigenvalue weighted by Crippen LogP contribution is 2.01. The standard InChI is InChI=1S/C11H24N2O/c1-3-4-5-6-8-11(14)13-10-7-9-12-2/h12H,3-10H2,1-2H3,(H,13,14). The highest BCUT2D eigenvalue weighted by Gasteiger charge is 1.98. The molecule has 3 nitrogen and oxygen atoms in total. The van der Waals surface area contributed by atoms with Crippen LogP contribution in [0.15, 0.2) is 0 Å². The maximum Gasteiger partial charge on any atom is 0.219 e. The lowest BCUT2D eigenvalue weighted by Gasteiger charge is -2.04. The molecule has 0 spiro atoms. The van der Waals surface area contributed by atoms with Crippen LogP contribution in [-0.2, 0) is 4.79 Å². The van der Waals surface area contributed by atoms with Crippen molar-refractivity contribution in [2.75, 3.05) is 20.1 Å². The largest absolute Gasteiger partial charge is 0.356 e. The molecule has 0 aliphatic carbocycles. The Morgan fingerprint density at radius 3 is 2.50 bits per heavy atom. The molecule has 84 valence electrons. The summed E-state index contributed by atoms with van der Waals surface area (Å²) >= 11 is 0. The number of hydrogen-bond acceptors (Lipinski definition) is 2. The van der Waals surface area contributed by atoms with Gasteiger partial charge in [0.2, 0.25) is 5.91 Å². The Morgan fingerprint density at radius 2 is 1.86 bits per heavy atom. The van der Waals surface area contributed by atoms with Crippen molar-refractivity contribution in [3.05, 3.63) is 0 Å². The summed E-state index contributed by atoms with van der Waals surface area (Å²) in [7, 11) is 1.92. The molecule has 0 saturated heterocycles. The molecule has 0 saturated carbocycles. The third-order valence-corrected chi connectivity index (χ3v) is 2.18. The molecule has 0 aliphatic heterocycles. The number of carbonyl (C=O) groups excluding carboxylic acids is 1. The SMILES string of the molecule is CCCCCCC(=O)NCCCNC. The minimum Gasteiger partial charge on any atom is -0.356 e. The van der Waals surface area contributed by atoms with Gasteiger partial charge < -0.3 is 10.6 Å². The van der Waals surface area contributed by atoms with Gasteiger partial charge in [0.15, 0.2) is 0 Å². The van der Waals surface area contributed by atoms with Crippen LogP contribution >= 0.6 is 0 Å². The van der Waals surface area contributed by atoms with Crippen LogP contribution in [0.4, 0.5) is 0 Å². The lowest BCUT2D eigenvalue weighted by atomic mass is 10.1. The maximum absolute atomic E-state index is 11.2. The van der Waals surface area contributed by atoms with E-state index in [-0.39, 0.29) is 5.91 Å². The lowest BCUT2D eigenvalue weighted by molar-refractivity contribution is -0.121. The summed E-state index contributed by atoms with van der Waals surface area (Å²) < 4.78 is 0. The van der Waals surface area contributed by atoms with E-state index < -0.39 is 0 Å². The van der Waals surface area contributed by atoms with Crippen molar-refractivity contribution < 1.29 is 4.79 Å². The summed E-state index contributed by atoms with van der Waals surface area (Å²) in [5.74, 6) is 0.206. The lowest BCUT2D eigenvalue weighted by Crippen LogP contribution is -2.26. The van der Waals surface area contributed by atoms with Gasteiger partial charge in [0.1, 0.15) is 0 Å². The first kappa shape index (κ1) is 13.4. The Labute approximate surface area is 87.6 Å². The molecule has 0 aromatic carbocycles. The average molecular weight is 200 g/mol. The third kappa shape index (κ3) is 9.52. The molecule has 0 rings (SSSR count). The molecule has 0 heterocycles. The van der Waals surface area contributed by atoms with E-state index in [1.165, 1.54) is 19.3 Å². The molecule has 0 aromatic rings. The van der Waals surface area contributed by atoms with E-state index in [1.807, 2.05) is 7.05 Å². The van der Waals surface area contributed by atoms with Gasteiger partial charge in [-0.3, -0.25) is 4.79 Å². The minimum absolute atomic E-state index is 0.206. The van der Waals surface area contributed by atoms with Gasteiger partial charge in [-0.25, -0.2) is 0 Å². The van der Waals surface area contributed by atoms with Crippen LogP contribution in [-0.4, -0.2) is 26.0 Å². The van der Waals surface area contributed by atoms with Crippen LogP contribution in [0.1, 0.15) is 45.4 Å². The van der Waals surface area contributed by atoms with Crippen LogP contribution in [0.25, 0.3) is 0 Å². The summed E-state index contributed by atoms with van der Waals surface area (Å²) in [6.07, 6.45) is 6.39. The number of nitrogens with one attached hydrogen (secondary N) is 2. The normalized spacial score (nSPS) is 10.1. The predicted octanol–water partition coefficient (Wildman–Crippen LogP) is 1.68. The van der Waals surface area contributed by atoms with Gasteiger partial charge in [0.05, 0.1) is 0 Å². The molecule has 0 bridgehead atoms. The first-order chi connectivity index (χ1) is 6.81. The Morgan fingerprint density at radius 1 is 1.07 bits per heavy atom. The number of carbonyl (C=O) groups is 1. The molecular weight excluding hydrogens is 176 g/mol. The molecule has 1 amide bonds. The van der Waals surface area contributed by atoms with Crippen molar-refractivity contribution in [3.8, 4) is 0 Å². The Kier molecular flexibility index (Phi) is 10.1. The summed E-state index contributed by atoms with van der Waals surface area (Å²) in [6.45, 7) is 3.95. The van der Waals surface area contributed by atoms with Crippen LogP contribution in [0.2, 0.25) is 0 Å². The molecule has 2 N–H and O–H groups in total. The Balaban J connectivity index is 3.11. The van der Waals surface area contributed by atoms with Crippen LogP contribution in [0, 0.1) is 0 Å². The second-order valence-corrected chi connectivity index (χ2v) is 3.62. The fourth-order valence-electron chi connectivity index (χ4n) is 1.29. The first-order valence-electron chi connectivity index (χ1n) is 5.72. The number of amides is 1. The van der Waals surface area contributed by atoms with Crippen molar-refractivity contribution in [2.24, 2.45) is 0 Å². The van der Waals surface area contributed by atoms with E-state index in [1.54, 1.807) is 0 Å². The van der Waals surface area contributed by atoms with Gasteiger partial charge >= 0.3 is 0 Å².